The second-order valence-corrected chi connectivity index (χ2v) is 2.56. The smallest absolute Gasteiger partial charge is 0.178 e. The summed E-state index contributed by atoms with van der Waals surface area (Å²) in [6.07, 6.45) is 0. The van der Waals surface area contributed by atoms with Crippen molar-refractivity contribution in [3.05, 3.63) is 0 Å². The predicted molar refractivity (Wildman–Crippen MR) is 67.6 cm³/mol. The quantitative estimate of drug-likeness (QED) is 0.277. The molecule has 1 N–H and O–H groups in total. The van der Waals surface area contributed by atoms with Crippen molar-refractivity contribution in [3.63, 3.8) is 0 Å². The van der Waals surface area contributed by atoms with Gasteiger partial charge in [0.1, 0.15) is 5.71 Å². The van der Waals surface area contributed by atoms with Crippen molar-refractivity contribution < 1.29 is 10.0 Å². The van der Waals surface area contributed by atoms with E-state index in [2.05, 4.69) is 27.7 Å². The van der Waals surface area contributed by atoms with Gasteiger partial charge in [-0.15, -0.1) is 0 Å². The minimum atomic E-state index is -0.176. The number of rotatable bonds is 5. The molecule has 5 heteroatoms. The molecule has 0 aromatic heterocycles. The van der Waals surface area contributed by atoms with Gasteiger partial charge in [-0.25, -0.2) is 0 Å². The van der Waals surface area contributed by atoms with E-state index in [1.54, 1.807) is 0 Å². The Kier molecular flexibility index (Phi) is 12.7. The molecule has 0 bridgehead atoms. The van der Waals surface area contributed by atoms with Gasteiger partial charge >= 0.3 is 0 Å². The fourth-order valence-corrected chi connectivity index (χ4v) is 0.872. The van der Waals surface area contributed by atoms with Crippen molar-refractivity contribution in [2.45, 2.75) is 20.8 Å². The standard InChI is InChI=1S/C8H16N2O2.CH3I/c1-4-10(5-2)6-8(9-12)7(3)11;1-2/h12H,4-6H2,1-3H3;1H3/b9-8-;. The van der Waals surface area contributed by atoms with Gasteiger partial charge in [0.05, 0.1) is 0 Å². The van der Waals surface area contributed by atoms with Gasteiger partial charge < -0.3 is 5.21 Å². The van der Waals surface area contributed by atoms with Gasteiger partial charge in [-0.3, -0.25) is 9.69 Å². The van der Waals surface area contributed by atoms with Crippen LogP contribution in [0.4, 0.5) is 0 Å². The summed E-state index contributed by atoms with van der Waals surface area (Å²) in [5, 5.41) is 11.4. The van der Waals surface area contributed by atoms with E-state index in [0.29, 0.717) is 6.54 Å². The number of hydrogen-bond acceptors (Lipinski definition) is 4. The fourth-order valence-electron chi connectivity index (χ4n) is 0.872. The first kappa shape index (κ1) is 16.3. The Hall–Kier alpha value is -0.170. The average molecular weight is 314 g/mol. The molecular weight excluding hydrogens is 295 g/mol. The van der Waals surface area contributed by atoms with Crippen LogP contribution in [0.2, 0.25) is 0 Å². The number of hydrogen-bond donors (Lipinski definition) is 1. The maximum absolute atomic E-state index is 10.8. The molecule has 0 atom stereocenters. The summed E-state index contributed by atoms with van der Waals surface area (Å²) in [5.41, 5.74) is 0.221. The molecule has 0 aliphatic carbocycles. The summed E-state index contributed by atoms with van der Waals surface area (Å²) in [6, 6.07) is 0. The number of halogens is 1. The molecule has 0 saturated carbocycles. The molecule has 14 heavy (non-hydrogen) atoms. The number of carbonyl (C=O) groups is 1. The van der Waals surface area contributed by atoms with Crippen LogP contribution in [0, 0.1) is 0 Å². The number of carbonyl (C=O) groups excluding carboxylic acids is 1. The second-order valence-electron chi connectivity index (χ2n) is 2.56. The molecular formula is C9H19IN2O2. The van der Waals surface area contributed by atoms with Crippen molar-refractivity contribution in [1.29, 1.82) is 0 Å². The van der Waals surface area contributed by atoms with Crippen molar-refractivity contribution in [2.75, 3.05) is 24.6 Å². The second kappa shape index (κ2) is 10.9. The largest absolute Gasteiger partial charge is 0.411 e. The number of Topliss-reactive ketones (excluding diaryl/α,β-unsaturated/α-hetero) is 1. The third-order valence-electron chi connectivity index (χ3n) is 1.79. The van der Waals surface area contributed by atoms with Crippen molar-refractivity contribution >= 4 is 34.1 Å². The summed E-state index contributed by atoms with van der Waals surface area (Å²) in [4.78, 5) is 14.8. The maximum Gasteiger partial charge on any atom is 0.178 e. The molecule has 0 radical (unpaired) electrons. The van der Waals surface area contributed by atoms with Gasteiger partial charge in [0, 0.05) is 13.5 Å². The highest BCUT2D eigenvalue weighted by Crippen LogP contribution is 1.90. The highest BCUT2D eigenvalue weighted by molar-refractivity contribution is 14.1. The molecule has 0 aromatic rings. The number of nitrogens with zero attached hydrogens (tertiary/aromatic N) is 2. The molecule has 0 aliphatic rings. The summed E-state index contributed by atoms with van der Waals surface area (Å²) < 4.78 is 0. The van der Waals surface area contributed by atoms with Gasteiger partial charge in [0.15, 0.2) is 5.78 Å². The molecule has 0 unspecified atom stereocenters. The first-order chi connectivity index (χ1) is 6.65. The van der Waals surface area contributed by atoms with Crippen LogP contribution in [-0.2, 0) is 4.79 Å². The number of oxime groups is 1. The van der Waals surface area contributed by atoms with Crippen LogP contribution in [0.25, 0.3) is 0 Å². The zero-order valence-corrected chi connectivity index (χ0v) is 11.4. The summed E-state index contributed by atoms with van der Waals surface area (Å²) in [7, 11) is 0. The lowest BCUT2D eigenvalue weighted by molar-refractivity contribution is -0.111. The third-order valence-corrected chi connectivity index (χ3v) is 1.79. The van der Waals surface area contributed by atoms with E-state index in [4.69, 9.17) is 5.21 Å². The third kappa shape index (κ3) is 7.25. The lowest BCUT2D eigenvalue weighted by Gasteiger charge is -2.16. The van der Waals surface area contributed by atoms with Crippen LogP contribution in [0.3, 0.4) is 0 Å². The summed E-state index contributed by atoms with van der Waals surface area (Å²) in [5.74, 6) is -0.176. The lowest BCUT2D eigenvalue weighted by atomic mass is 10.2. The molecule has 4 nitrogen and oxygen atoms in total. The zero-order valence-electron chi connectivity index (χ0n) is 9.25. The first-order valence-corrected chi connectivity index (χ1v) is 6.63. The van der Waals surface area contributed by atoms with Crippen molar-refractivity contribution in [3.8, 4) is 0 Å². The molecule has 84 valence electrons. The lowest BCUT2D eigenvalue weighted by Crippen LogP contribution is -2.32. The number of alkyl halides is 1. The maximum atomic E-state index is 10.8. The van der Waals surface area contributed by atoms with Gasteiger partial charge in [0.2, 0.25) is 0 Å². The molecule has 0 aromatic carbocycles. The van der Waals surface area contributed by atoms with Gasteiger partial charge in [-0.1, -0.05) is 41.6 Å². The van der Waals surface area contributed by atoms with Gasteiger partial charge in [0.25, 0.3) is 0 Å². The highest BCUT2D eigenvalue weighted by atomic mass is 127. The van der Waals surface area contributed by atoms with E-state index in [0.717, 1.165) is 13.1 Å². The minimum absolute atomic E-state index is 0.176. The van der Waals surface area contributed by atoms with Crippen LogP contribution in [-0.4, -0.2) is 46.2 Å². The predicted octanol–water partition coefficient (Wildman–Crippen LogP) is 1.80. The molecule has 0 amide bonds. The Labute approximate surface area is 99.5 Å². The van der Waals surface area contributed by atoms with E-state index in [-0.39, 0.29) is 11.5 Å². The van der Waals surface area contributed by atoms with E-state index < -0.39 is 0 Å². The molecule has 0 saturated heterocycles. The number of ketones is 1. The monoisotopic (exact) mass is 314 g/mol. The zero-order chi connectivity index (χ0) is 11.6. The first-order valence-electron chi connectivity index (χ1n) is 4.47. The fraction of sp³-hybridized carbons (Fsp3) is 0.778. The van der Waals surface area contributed by atoms with Crippen LogP contribution in [0.5, 0.6) is 0 Å². The molecule has 0 heterocycles. The topological polar surface area (TPSA) is 52.9 Å². The van der Waals surface area contributed by atoms with Crippen LogP contribution < -0.4 is 0 Å². The van der Waals surface area contributed by atoms with Crippen LogP contribution >= 0.6 is 22.6 Å². The van der Waals surface area contributed by atoms with E-state index >= 15 is 0 Å². The average Bonchev–Trinajstić information content (AvgIpc) is 2.22. The molecule has 0 rings (SSSR count). The Balaban J connectivity index is 0. The Morgan fingerprint density at radius 3 is 2.00 bits per heavy atom. The normalized spacial score (nSPS) is 10.9. The van der Waals surface area contributed by atoms with Gasteiger partial charge in [-0.05, 0) is 18.0 Å². The van der Waals surface area contributed by atoms with Crippen molar-refractivity contribution in [1.82, 2.24) is 4.90 Å². The van der Waals surface area contributed by atoms with Gasteiger partial charge in [-0.2, -0.15) is 0 Å². The molecule has 0 aliphatic heterocycles. The SMILES string of the molecule is CCN(CC)C/C(=N/O)C(C)=O.CI. The van der Waals surface area contributed by atoms with E-state index in [1.807, 2.05) is 23.7 Å². The highest BCUT2D eigenvalue weighted by Gasteiger charge is 2.09. The molecule has 0 spiro atoms. The van der Waals surface area contributed by atoms with Crippen LogP contribution in [0.1, 0.15) is 20.8 Å². The van der Waals surface area contributed by atoms with E-state index in [1.165, 1.54) is 6.92 Å². The molecule has 0 fully saturated rings. The summed E-state index contributed by atoms with van der Waals surface area (Å²) >= 11 is 2.15. The minimum Gasteiger partial charge on any atom is -0.411 e. The van der Waals surface area contributed by atoms with Crippen molar-refractivity contribution in [2.24, 2.45) is 5.16 Å². The Morgan fingerprint density at radius 1 is 1.36 bits per heavy atom. The summed E-state index contributed by atoms with van der Waals surface area (Å²) in [6.45, 7) is 7.53. The van der Waals surface area contributed by atoms with E-state index in [9.17, 15) is 4.79 Å². The Morgan fingerprint density at radius 2 is 1.79 bits per heavy atom. The van der Waals surface area contributed by atoms with Crippen LogP contribution in [0.15, 0.2) is 5.16 Å². The Bertz CT molecular complexity index is 180.